The van der Waals surface area contributed by atoms with Gasteiger partial charge in [-0.2, -0.15) is 0 Å². The molecule has 4 atom stereocenters. The molecule has 280 valence electrons. The van der Waals surface area contributed by atoms with Crippen LogP contribution in [-0.2, 0) is 39.1 Å². The number of benzene rings is 1. The summed E-state index contributed by atoms with van der Waals surface area (Å²) in [5, 5.41) is 11.6. The summed E-state index contributed by atoms with van der Waals surface area (Å²) in [6, 6.07) is 6.00. The van der Waals surface area contributed by atoms with Crippen LogP contribution in [0.2, 0.25) is 0 Å². The number of guanidine groups is 1. The number of likely N-dealkylation sites (N-methyl/N-ethyl adjacent to an activating group) is 1. The number of Topliss-reactive ketones (excluding diaryl/α,β-unsaturated/α-hetero) is 1. The fourth-order valence-electron chi connectivity index (χ4n) is 5.05. The Morgan fingerprint density at radius 2 is 1.42 bits per heavy atom. The van der Waals surface area contributed by atoms with Gasteiger partial charge in [-0.05, 0) is 69.9 Å². The van der Waals surface area contributed by atoms with Gasteiger partial charge in [0.05, 0.1) is 12.1 Å². The highest BCUT2D eigenvalue weighted by molar-refractivity contribution is 7.71. The van der Waals surface area contributed by atoms with E-state index in [1.54, 1.807) is 38.7 Å². The van der Waals surface area contributed by atoms with Crippen molar-refractivity contribution in [2.75, 3.05) is 20.1 Å². The van der Waals surface area contributed by atoms with Crippen molar-refractivity contribution in [2.24, 2.45) is 35.2 Å². The van der Waals surface area contributed by atoms with E-state index >= 15 is 0 Å². The summed E-state index contributed by atoms with van der Waals surface area (Å²) in [4.78, 5) is 61.2. The number of nitrogens with two attached hydrogens (primary N) is 3. The largest absolute Gasteiger partial charge is 0.370 e. The molecule has 0 aliphatic carbocycles. The van der Waals surface area contributed by atoms with Crippen LogP contribution in [-0.4, -0.2) is 83.3 Å². The van der Waals surface area contributed by atoms with Gasteiger partial charge in [-0.15, -0.1) is 0 Å². The van der Waals surface area contributed by atoms with Crippen LogP contribution in [0.15, 0.2) is 41.5 Å². The summed E-state index contributed by atoms with van der Waals surface area (Å²) in [6.07, 6.45) is 5.84. The van der Waals surface area contributed by atoms with Gasteiger partial charge in [0.15, 0.2) is 16.5 Å². The van der Waals surface area contributed by atoms with Gasteiger partial charge in [-0.3, -0.25) is 24.2 Å². The number of unbranched alkanes of at least 4 members (excludes halogenated alkanes) is 1. The van der Waals surface area contributed by atoms with Gasteiger partial charge in [0, 0.05) is 37.8 Å². The Morgan fingerprint density at radius 1 is 0.860 bits per heavy atom. The molecule has 1 aromatic heterocycles. The molecule has 2 rings (SSSR count). The zero-order valence-corrected chi connectivity index (χ0v) is 31.4. The first-order valence-electron chi connectivity index (χ1n) is 17.4. The second-order valence-electron chi connectivity index (χ2n) is 12.6. The molecule has 2 aromatic rings. The molecule has 11 N–H and O–H groups in total. The molecule has 0 radical (unpaired) electrons. The molecule has 50 heavy (non-hydrogen) atoms. The van der Waals surface area contributed by atoms with Crippen LogP contribution >= 0.6 is 12.2 Å². The monoisotopic (exact) mass is 716 g/mol. The molecule has 14 nitrogen and oxygen atoms in total. The summed E-state index contributed by atoms with van der Waals surface area (Å²) in [5.41, 5.74) is 18.0. The molecule has 4 unspecified atom stereocenters. The average molecular weight is 717 g/mol. The molecule has 1 heterocycles. The Bertz CT molecular complexity index is 1410. The highest BCUT2D eigenvalue weighted by atomic mass is 32.1. The first-order chi connectivity index (χ1) is 23.8. The van der Waals surface area contributed by atoms with Gasteiger partial charge in [0.2, 0.25) is 17.7 Å². The number of hydrogen-bond donors (Lipinski definition) is 8. The number of nitrogens with zero attached hydrogens (tertiary/aromatic N) is 2. The van der Waals surface area contributed by atoms with Crippen LogP contribution in [0.25, 0.3) is 0 Å². The van der Waals surface area contributed by atoms with E-state index < -0.39 is 41.9 Å². The van der Waals surface area contributed by atoms with Crippen molar-refractivity contribution in [1.29, 1.82) is 0 Å². The second-order valence-corrected chi connectivity index (χ2v) is 13.0. The summed E-state index contributed by atoms with van der Waals surface area (Å²) < 4.78 is 2.15. The molecule has 1 aromatic carbocycles. The van der Waals surface area contributed by atoms with E-state index in [-0.39, 0.29) is 24.1 Å². The van der Waals surface area contributed by atoms with Gasteiger partial charge in [-0.1, -0.05) is 64.4 Å². The molecule has 0 spiro atoms. The van der Waals surface area contributed by atoms with E-state index in [4.69, 9.17) is 29.4 Å². The molecular weight excluding hydrogens is 657 g/mol. The van der Waals surface area contributed by atoms with Gasteiger partial charge >= 0.3 is 0 Å². The SMILES string of the molecule is CCC.CNC(CCCN=C(N)N)C(=O)NC(Cc1cn(C)c(=S)[nH]1)C(=O)NC(CCCCN)C(=O)NC(Cc1ccccc1)C(=O)C(C)C. The van der Waals surface area contributed by atoms with Crippen LogP contribution < -0.4 is 38.5 Å². The third-order valence-electron chi connectivity index (χ3n) is 7.70. The van der Waals surface area contributed by atoms with Crippen molar-refractivity contribution < 1.29 is 19.2 Å². The predicted molar refractivity (Wildman–Crippen MR) is 202 cm³/mol. The Morgan fingerprint density at radius 3 is 1.96 bits per heavy atom. The Hall–Kier alpha value is -4.08. The number of nitrogens with one attached hydrogen (secondary N) is 5. The molecule has 0 aliphatic heterocycles. The van der Waals surface area contributed by atoms with Crippen molar-refractivity contribution in [1.82, 2.24) is 30.8 Å². The number of rotatable bonds is 21. The lowest BCUT2D eigenvalue weighted by Crippen LogP contribution is -2.58. The molecule has 0 fully saturated rings. The van der Waals surface area contributed by atoms with Crippen LogP contribution in [0.3, 0.4) is 0 Å². The highest BCUT2D eigenvalue weighted by Crippen LogP contribution is 2.11. The van der Waals surface area contributed by atoms with E-state index in [0.717, 1.165) is 5.56 Å². The van der Waals surface area contributed by atoms with E-state index in [2.05, 4.69) is 45.1 Å². The van der Waals surface area contributed by atoms with Crippen molar-refractivity contribution in [2.45, 2.75) is 103 Å². The van der Waals surface area contributed by atoms with E-state index in [1.165, 1.54) is 6.42 Å². The van der Waals surface area contributed by atoms with Crippen LogP contribution in [0.4, 0.5) is 0 Å². The maximum atomic E-state index is 13.9. The smallest absolute Gasteiger partial charge is 0.243 e. The van der Waals surface area contributed by atoms with Crippen molar-refractivity contribution >= 4 is 41.7 Å². The molecule has 0 saturated carbocycles. The van der Waals surface area contributed by atoms with Crippen LogP contribution in [0.1, 0.15) is 77.5 Å². The summed E-state index contributed by atoms with van der Waals surface area (Å²) in [7, 11) is 3.42. The Balaban J connectivity index is 0.00000401. The minimum atomic E-state index is -1.05. The lowest BCUT2D eigenvalue weighted by Gasteiger charge is -2.27. The highest BCUT2D eigenvalue weighted by Gasteiger charge is 2.31. The van der Waals surface area contributed by atoms with Crippen molar-refractivity contribution in [3.63, 3.8) is 0 Å². The van der Waals surface area contributed by atoms with Crippen LogP contribution in [0.5, 0.6) is 0 Å². The van der Waals surface area contributed by atoms with Gasteiger partial charge in [0.25, 0.3) is 0 Å². The molecule has 0 saturated heterocycles. The number of amides is 3. The maximum Gasteiger partial charge on any atom is 0.243 e. The standard InChI is InChI=1S/C32H52N10O4S.C3H8/c1-20(2)27(43)25(17-21-11-6-5-7-12-21)40-29(45)24(13-8-9-15-33)39-30(46)26(18-22-19-42(4)32(47)38-22)41-28(44)23(36-3)14-10-16-37-31(34)35;1-3-2/h5-7,11-12,19-20,23-26,36H,8-10,13-18,33H2,1-4H3,(H,38,47)(H,39,46)(H,40,45)(H,41,44)(H4,34,35,37);3H2,1-2H3. The predicted octanol–water partition coefficient (Wildman–Crippen LogP) is 1.73. The zero-order chi connectivity index (χ0) is 37.6. The summed E-state index contributed by atoms with van der Waals surface area (Å²) >= 11 is 5.30. The van der Waals surface area contributed by atoms with E-state index in [1.807, 2.05) is 30.3 Å². The lowest BCUT2D eigenvalue weighted by molar-refractivity contribution is -0.134. The number of carbonyl (C=O) groups excluding carboxylic acids is 4. The maximum absolute atomic E-state index is 13.9. The number of hydrogen-bond acceptors (Lipinski definition) is 8. The molecule has 0 aliphatic rings. The quantitative estimate of drug-likeness (QED) is 0.0407. The number of carbonyl (C=O) groups is 4. The number of ketones is 1. The number of aromatic nitrogens is 2. The minimum absolute atomic E-state index is 0.0302. The summed E-state index contributed by atoms with van der Waals surface area (Å²) in [6.45, 7) is 8.59. The van der Waals surface area contributed by atoms with Gasteiger partial charge in [0.1, 0.15) is 12.1 Å². The molecular formula is C35H60N10O4S. The molecule has 0 bridgehead atoms. The first-order valence-corrected chi connectivity index (χ1v) is 17.8. The number of H-pyrrole nitrogens is 1. The normalized spacial score (nSPS) is 13.2. The number of imidazole rings is 1. The number of aryl methyl sites for hydroxylation is 1. The first kappa shape index (κ1) is 43.9. The molecule has 15 heteroatoms. The third kappa shape index (κ3) is 16.5. The fraction of sp³-hybridized carbons (Fsp3) is 0.600. The Labute approximate surface area is 302 Å². The minimum Gasteiger partial charge on any atom is -0.370 e. The average Bonchev–Trinajstić information content (AvgIpc) is 3.39. The van der Waals surface area contributed by atoms with Gasteiger partial charge < -0.3 is 48.0 Å². The number of aliphatic imine (C=N–C) groups is 1. The van der Waals surface area contributed by atoms with Crippen LogP contribution in [0, 0.1) is 10.7 Å². The third-order valence-corrected chi connectivity index (χ3v) is 8.09. The fourth-order valence-corrected chi connectivity index (χ4v) is 5.23. The second kappa shape index (κ2) is 24.1. The number of aromatic amines is 1. The van der Waals surface area contributed by atoms with Gasteiger partial charge in [-0.25, -0.2) is 0 Å². The van der Waals surface area contributed by atoms with E-state index in [0.29, 0.717) is 62.1 Å². The topological polar surface area (TPSA) is 228 Å². The van der Waals surface area contributed by atoms with Crippen molar-refractivity contribution in [3.8, 4) is 0 Å². The lowest BCUT2D eigenvalue weighted by atomic mass is 9.95. The summed E-state index contributed by atoms with van der Waals surface area (Å²) in [5.74, 6) is -1.90. The van der Waals surface area contributed by atoms with E-state index in [9.17, 15) is 19.2 Å². The zero-order valence-electron chi connectivity index (χ0n) is 30.6. The van der Waals surface area contributed by atoms with Crippen molar-refractivity contribution in [3.05, 3.63) is 52.6 Å². The Kier molecular flexibility index (Phi) is 21.2. The molecule has 3 amide bonds.